The van der Waals surface area contributed by atoms with E-state index in [0.717, 1.165) is 6.07 Å². The molecule has 106 valence electrons. The molecule has 0 aliphatic rings. The van der Waals surface area contributed by atoms with Gasteiger partial charge in [0.15, 0.2) is 0 Å². The lowest BCUT2D eigenvalue weighted by atomic mass is 10.2. The molecule has 2 aromatic rings. The van der Waals surface area contributed by atoms with Crippen molar-refractivity contribution in [3.63, 3.8) is 0 Å². The van der Waals surface area contributed by atoms with E-state index in [0.29, 0.717) is 10.0 Å². The second-order valence-electron chi connectivity index (χ2n) is 4.01. The Hall–Kier alpha value is -1.44. The van der Waals surface area contributed by atoms with Gasteiger partial charge in [-0.25, -0.2) is 12.8 Å². The number of aliphatic hydroxyl groups is 1. The van der Waals surface area contributed by atoms with Crippen LogP contribution in [0.1, 0.15) is 5.56 Å². The maximum atomic E-state index is 13.6. The van der Waals surface area contributed by atoms with Gasteiger partial charge >= 0.3 is 0 Å². The largest absolute Gasteiger partial charge is 0.392 e. The Kier molecular flexibility index (Phi) is 4.42. The zero-order valence-corrected chi connectivity index (χ0v) is 12.6. The molecule has 0 heterocycles. The minimum absolute atomic E-state index is 0.0424. The summed E-state index contributed by atoms with van der Waals surface area (Å²) in [6.07, 6.45) is 0. The predicted octanol–water partition coefficient (Wildman–Crippen LogP) is 2.88. The monoisotopic (exact) mass is 359 g/mol. The topological polar surface area (TPSA) is 66.4 Å². The van der Waals surface area contributed by atoms with Crippen molar-refractivity contribution in [2.75, 3.05) is 4.72 Å². The molecule has 0 aliphatic carbocycles. The molecule has 0 spiro atoms. The van der Waals surface area contributed by atoms with Gasteiger partial charge in [0.25, 0.3) is 10.0 Å². The first kappa shape index (κ1) is 15.0. The van der Waals surface area contributed by atoms with Crippen molar-refractivity contribution in [1.29, 1.82) is 0 Å². The number of rotatable bonds is 4. The normalized spacial score (nSPS) is 11.3. The average molecular weight is 360 g/mol. The second-order valence-corrected chi connectivity index (χ2v) is 6.54. The molecule has 0 aromatic heterocycles. The number of nitrogens with one attached hydrogen (secondary N) is 1. The zero-order valence-electron chi connectivity index (χ0n) is 10.2. The predicted molar refractivity (Wildman–Crippen MR) is 77.3 cm³/mol. The van der Waals surface area contributed by atoms with Crippen LogP contribution in [0.15, 0.2) is 51.8 Å². The lowest BCUT2D eigenvalue weighted by molar-refractivity contribution is 0.281. The highest BCUT2D eigenvalue weighted by molar-refractivity contribution is 9.10. The number of benzene rings is 2. The van der Waals surface area contributed by atoms with Crippen molar-refractivity contribution in [3.05, 3.63) is 58.3 Å². The van der Waals surface area contributed by atoms with Crippen LogP contribution in [0.3, 0.4) is 0 Å². The second kappa shape index (κ2) is 5.90. The molecule has 20 heavy (non-hydrogen) atoms. The van der Waals surface area contributed by atoms with Gasteiger partial charge in [0.2, 0.25) is 0 Å². The van der Waals surface area contributed by atoms with Crippen molar-refractivity contribution in [3.8, 4) is 0 Å². The number of para-hydroxylation sites is 1. The van der Waals surface area contributed by atoms with Gasteiger partial charge in [-0.15, -0.1) is 0 Å². The standard InChI is InChI=1S/C13H11BrFNO3S/c14-11-5-2-6-12(15)13(11)16-20(18,19)10-4-1-3-9(7-10)8-17/h1-7,16-17H,8H2. The molecule has 0 fully saturated rings. The summed E-state index contributed by atoms with van der Waals surface area (Å²) in [6, 6.07) is 9.96. The Bertz CT molecular complexity index is 714. The molecular formula is C13H11BrFNO3S. The summed E-state index contributed by atoms with van der Waals surface area (Å²) in [6.45, 7) is -0.271. The third-order valence-electron chi connectivity index (χ3n) is 2.59. The van der Waals surface area contributed by atoms with E-state index in [1.165, 1.54) is 30.3 Å². The summed E-state index contributed by atoms with van der Waals surface area (Å²) in [5, 5.41) is 9.02. The molecule has 0 saturated heterocycles. The fourth-order valence-corrected chi connectivity index (χ4v) is 3.33. The molecule has 0 radical (unpaired) electrons. The molecule has 2 aromatic carbocycles. The quantitative estimate of drug-likeness (QED) is 0.881. The van der Waals surface area contributed by atoms with Crippen LogP contribution < -0.4 is 4.72 Å². The molecule has 0 saturated carbocycles. The summed E-state index contributed by atoms with van der Waals surface area (Å²) in [5.74, 6) is -0.679. The maximum absolute atomic E-state index is 13.6. The fourth-order valence-electron chi connectivity index (χ4n) is 1.60. The summed E-state index contributed by atoms with van der Waals surface area (Å²) in [4.78, 5) is -0.0424. The van der Waals surface area contributed by atoms with Gasteiger partial charge in [-0.2, -0.15) is 0 Å². The number of hydrogen-bond acceptors (Lipinski definition) is 3. The number of sulfonamides is 1. The van der Waals surface area contributed by atoms with E-state index in [9.17, 15) is 12.8 Å². The Morgan fingerprint density at radius 3 is 2.55 bits per heavy atom. The lowest BCUT2D eigenvalue weighted by Gasteiger charge is -2.11. The van der Waals surface area contributed by atoms with Crippen molar-refractivity contribution in [2.45, 2.75) is 11.5 Å². The Morgan fingerprint density at radius 1 is 1.20 bits per heavy atom. The van der Waals surface area contributed by atoms with Crippen molar-refractivity contribution >= 4 is 31.6 Å². The van der Waals surface area contributed by atoms with Crippen molar-refractivity contribution in [2.24, 2.45) is 0 Å². The molecule has 0 unspecified atom stereocenters. The van der Waals surface area contributed by atoms with E-state index >= 15 is 0 Å². The highest BCUT2D eigenvalue weighted by atomic mass is 79.9. The van der Waals surface area contributed by atoms with Gasteiger partial charge in [-0.1, -0.05) is 18.2 Å². The summed E-state index contributed by atoms with van der Waals surface area (Å²) in [5.41, 5.74) is 0.308. The molecular weight excluding hydrogens is 349 g/mol. The first-order chi connectivity index (χ1) is 9.44. The maximum Gasteiger partial charge on any atom is 0.262 e. The van der Waals surface area contributed by atoms with Gasteiger partial charge in [-0.3, -0.25) is 4.72 Å². The molecule has 2 rings (SSSR count). The highest BCUT2D eigenvalue weighted by Gasteiger charge is 2.18. The van der Waals surface area contributed by atoms with Gasteiger partial charge in [0, 0.05) is 4.47 Å². The Balaban J connectivity index is 2.41. The van der Waals surface area contributed by atoms with Gasteiger partial charge < -0.3 is 5.11 Å². The van der Waals surface area contributed by atoms with Gasteiger partial charge in [-0.05, 0) is 45.8 Å². The third kappa shape index (κ3) is 3.17. The van der Waals surface area contributed by atoms with E-state index in [-0.39, 0.29) is 17.2 Å². The van der Waals surface area contributed by atoms with E-state index in [4.69, 9.17) is 5.11 Å². The van der Waals surface area contributed by atoms with E-state index in [1.807, 2.05) is 0 Å². The van der Waals surface area contributed by atoms with Crippen LogP contribution in [0, 0.1) is 5.82 Å². The van der Waals surface area contributed by atoms with Gasteiger partial charge in [0.05, 0.1) is 17.2 Å². The Labute approximate surface area is 124 Å². The minimum atomic E-state index is -3.92. The van der Waals surface area contributed by atoms with Crippen molar-refractivity contribution < 1.29 is 17.9 Å². The summed E-state index contributed by atoms with van der Waals surface area (Å²) in [7, 11) is -3.92. The van der Waals surface area contributed by atoms with E-state index in [1.54, 1.807) is 6.07 Å². The molecule has 0 amide bonds. The number of halogens is 2. The van der Waals surface area contributed by atoms with Crippen molar-refractivity contribution in [1.82, 2.24) is 0 Å². The van der Waals surface area contributed by atoms with E-state index in [2.05, 4.69) is 20.7 Å². The average Bonchev–Trinajstić information content (AvgIpc) is 2.43. The SMILES string of the molecule is O=S(=O)(Nc1c(F)cccc1Br)c1cccc(CO)c1. The lowest BCUT2D eigenvalue weighted by Crippen LogP contribution is -2.14. The van der Waals surface area contributed by atoms with Crippen LogP contribution in [-0.4, -0.2) is 13.5 Å². The Morgan fingerprint density at radius 2 is 1.90 bits per heavy atom. The molecule has 2 N–H and O–H groups in total. The highest BCUT2D eigenvalue weighted by Crippen LogP contribution is 2.27. The summed E-state index contributed by atoms with van der Waals surface area (Å²) >= 11 is 3.09. The number of hydrogen-bond donors (Lipinski definition) is 2. The molecule has 7 heteroatoms. The molecule has 0 bridgehead atoms. The summed E-state index contributed by atoms with van der Waals surface area (Å²) < 4.78 is 40.5. The third-order valence-corrected chi connectivity index (χ3v) is 4.60. The van der Waals surface area contributed by atoms with E-state index < -0.39 is 15.8 Å². The smallest absolute Gasteiger partial charge is 0.262 e. The molecule has 4 nitrogen and oxygen atoms in total. The van der Waals surface area contributed by atoms with Crippen LogP contribution >= 0.6 is 15.9 Å². The van der Waals surface area contributed by atoms with Crippen LogP contribution in [0.25, 0.3) is 0 Å². The fraction of sp³-hybridized carbons (Fsp3) is 0.0769. The number of aliphatic hydroxyl groups excluding tert-OH is 1. The molecule has 0 aliphatic heterocycles. The molecule has 0 atom stereocenters. The van der Waals surface area contributed by atoms with Crippen LogP contribution in [-0.2, 0) is 16.6 Å². The first-order valence-corrected chi connectivity index (χ1v) is 7.88. The zero-order chi connectivity index (χ0) is 14.8. The van der Waals surface area contributed by atoms with Crippen LogP contribution in [0.2, 0.25) is 0 Å². The minimum Gasteiger partial charge on any atom is -0.392 e. The number of anilines is 1. The first-order valence-electron chi connectivity index (χ1n) is 5.60. The van der Waals surface area contributed by atoms with Gasteiger partial charge in [0.1, 0.15) is 5.82 Å². The van der Waals surface area contributed by atoms with Crippen LogP contribution in [0.4, 0.5) is 10.1 Å². The van der Waals surface area contributed by atoms with Crippen LogP contribution in [0.5, 0.6) is 0 Å².